The monoisotopic (exact) mass is 283 g/mol. The standard InChI is InChI=1S/C15H22ClNO2/c1-3-12(4-2)11-17-15(18)8-9-19-14-7-5-6-13(16)10-14/h5-7,10,12H,3-4,8-9,11H2,1-2H3,(H,17,18). The van der Waals surface area contributed by atoms with E-state index in [1.54, 1.807) is 12.1 Å². The third-order valence-corrected chi connectivity index (χ3v) is 3.37. The van der Waals surface area contributed by atoms with E-state index in [1.807, 2.05) is 12.1 Å². The second-order valence-corrected chi connectivity index (χ2v) is 4.98. The van der Waals surface area contributed by atoms with Gasteiger partial charge in [0.05, 0.1) is 13.0 Å². The average Bonchev–Trinajstić information content (AvgIpc) is 2.40. The van der Waals surface area contributed by atoms with Crippen LogP contribution in [0, 0.1) is 5.92 Å². The highest BCUT2D eigenvalue weighted by Crippen LogP contribution is 2.17. The SMILES string of the molecule is CCC(CC)CNC(=O)CCOc1cccc(Cl)c1. The largest absolute Gasteiger partial charge is 0.493 e. The number of carbonyl (C=O) groups is 1. The molecule has 19 heavy (non-hydrogen) atoms. The third kappa shape index (κ3) is 6.48. The molecule has 106 valence electrons. The lowest BCUT2D eigenvalue weighted by atomic mass is 10.0. The summed E-state index contributed by atoms with van der Waals surface area (Å²) in [5, 5.41) is 3.57. The third-order valence-electron chi connectivity index (χ3n) is 3.14. The Labute approximate surface area is 120 Å². The number of nitrogens with one attached hydrogen (secondary N) is 1. The number of rotatable bonds is 8. The number of carbonyl (C=O) groups excluding carboxylic acids is 1. The Morgan fingerprint density at radius 3 is 2.74 bits per heavy atom. The van der Waals surface area contributed by atoms with Crippen molar-refractivity contribution in [2.24, 2.45) is 5.92 Å². The van der Waals surface area contributed by atoms with E-state index in [2.05, 4.69) is 19.2 Å². The van der Waals surface area contributed by atoms with Gasteiger partial charge in [-0.3, -0.25) is 4.79 Å². The Hall–Kier alpha value is -1.22. The van der Waals surface area contributed by atoms with Crippen LogP contribution in [-0.4, -0.2) is 19.1 Å². The quantitative estimate of drug-likeness (QED) is 0.791. The van der Waals surface area contributed by atoms with Crippen molar-refractivity contribution >= 4 is 17.5 Å². The summed E-state index contributed by atoms with van der Waals surface area (Å²) in [4.78, 5) is 11.6. The first-order valence-corrected chi connectivity index (χ1v) is 7.18. The lowest BCUT2D eigenvalue weighted by Crippen LogP contribution is -2.29. The molecule has 0 unspecified atom stereocenters. The molecule has 1 aromatic rings. The molecule has 4 heteroatoms. The van der Waals surface area contributed by atoms with Crippen LogP contribution in [0.1, 0.15) is 33.1 Å². The van der Waals surface area contributed by atoms with Crippen molar-refractivity contribution < 1.29 is 9.53 Å². The van der Waals surface area contributed by atoms with Crippen LogP contribution in [0.15, 0.2) is 24.3 Å². The maximum absolute atomic E-state index is 11.6. The summed E-state index contributed by atoms with van der Waals surface area (Å²) in [7, 11) is 0. The van der Waals surface area contributed by atoms with E-state index in [4.69, 9.17) is 16.3 Å². The number of benzene rings is 1. The predicted molar refractivity (Wildman–Crippen MR) is 78.6 cm³/mol. The highest BCUT2D eigenvalue weighted by molar-refractivity contribution is 6.30. The van der Waals surface area contributed by atoms with Gasteiger partial charge in [-0.15, -0.1) is 0 Å². The minimum Gasteiger partial charge on any atom is -0.493 e. The molecule has 0 aliphatic carbocycles. The number of halogens is 1. The van der Waals surface area contributed by atoms with Crippen molar-refractivity contribution in [3.63, 3.8) is 0 Å². The molecule has 0 atom stereocenters. The molecule has 0 bridgehead atoms. The van der Waals surface area contributed by atoms with Crippen LogP contribution in [0.5, 0.6) is 5.75 Å². The molecule has 1 aromatic carbocycles. The van der Waals surface area contributed by atoms with Crippen LogP contribution in [-0.2, 0) is 4.79 Å². The highest BCUT2D eigenvalue weighted by Gasteiger charge is 2.06. The molecule has 0 aliphatic rings. The zero-order valence-corrected chi connectivity index (χ0v) is 12.4. The first-order chi connectivity index (χ1) is 9.15. The van der Waals surface area contributed by atoms with E-state index in [0.717, 1.165) is 19.4 Å². The van der Waals surface area contributed by atoms with Crippen molar-refractivity contribution in [3.05, 3.63) is 29.3 Å². The van der Waals surface area contributed by atoms with Gasteiger partial charge in [-0.1, -0.05) is 44.4 Å². The van der Waals surface area contributed by atoms with Gasteiger partial charge >= 0.3 is 0 Å². The number of hydrogen-bond donors (Lipinski definition) is 1. The summed E-state index contributed by atoms with van der Waals surface area (Å²) in [5.74, 6) is 1.30. The molecule has 0 heterocycles. The second kappa shape index (κ2) is 8.81. The van der Waals surface area contributed by atoms with Crippen LogP contribution in [0.4, 0.5) is 0 Å². The summed E-state index contributed by atoms with van der Waals surface area (Å²) in [6.07, 6.45) is 2.55. The van der Waals surface area contributed by atoms with Crippen LogP contribution in [0.2, 0.25) is 5.02 Å². The van der Waals surface area contributed by atoms with Gasteiger partial charge in [-0.25, -0.2) is 0 Å². The first-order valence-electron chi connectivity index (χ1n) is 6.80. The first kappa shape index (κ1) is 15.8. The lowest BCUT2D eigenvalue weighted by molar-refractivity contribution is -0.121. The molecular formula is C15H22ClNO2. The molecule has 0 fully saturated rings. The van der Waals surface area contributed by atoms with Crippen molar-refractivity contribution in [1.82, 2.24) is 5.32 Å². The van der Waals surface area contributed by atoms with Crippen LogP contribution < -0.4 is 10.1 Å². The zero-order valence-electron chi connectivity index (χ0n) is 11.6. The van der Waals surface area contributed by atoms with E-state index in [1.165, 1.54) is 0 Å². The smallest absolute Gasteiger partial charge is 0.223 e. The van der Waals surface area contributed by atoms with Gasteiger partial charge in [0, 0.05) is 11.6 Å². The van der Waals surface area contributed by atoms with Gasteiger partial charge in [-0.2, -0.15) is 0 Å². The lowest BCUT2D eigenvalue weighted by Gasteiger charge is -2.13. The molecule has 0 spiro atoms. The Balaban J connectivity index is 2.20. The average molecular weight is 284 g/mol. The molecular weight excluding hydrogens is 262 g/mol. The molecule has 1 N–H and O–H groups in total. The van der Waals surface area contributed by atoms with Crippen LogP contribution >= 0.6 is 11.6 Å². The summed E-state index contributed by atoms with van der Waals surface area (Å²) >= 11 is 5.84. The Kier molecular flexibility index (Phi) is 7.34. The molecule has 0 saturated heterocycles. The summed E-state index contributed by atoms with van der Waals surface area (Å²) in [6, 6.07) is 7.18. The normalized spacial score (nSPS) is 10.5. The molecule has 0 aliphatic heterocycles. The number of ether oxygens (including phenoxy) is 1. The maximum atomic E-state index is 11.6. The van der Waals surface area contributed by atoms with Crippen molar-refractivity contribution in [2.45, 2.75) is 33.1 Å². The summed E-state index contributed by atoms with van der Waals surface area (Å²) in [6.45, 7) is 5.41. The topological polar surface area (TPSA) is 38.3 Å². The minimum atomic E-state index is 0.0360. The van der Waals surface area contributed by atoms with Gasteiger partial charge in [0.25, 0.3) is 0 Å². The van der Waals surface area contributed by atoms with Gasteiger partial charge in [0.15, 0.2) is 0 Å². The Bertz CT molecular complexity index is 391. The van der Waals surface area contributed by atoms with E-state index in [-0.39, 0.29) is 5.91 Å². The molecule has 0 aromatic heterocycles. The fourth-order valence-electron chi connectivity index (χ4n) is 1.74. The molecule has 0 radical (unpaired) electrons. The molecule has 0 saturated carbocycles. The predicted octanol–water partition coefficient (Wildman–Crippen LogP) is 3.66. The zero-order chi connectivity index (χ0) is 14.1. The minimum absolute atomic E-state index is 0.0360. The van der Waals surface area contributed by atoms with Gasteiger partial charge < -0.3 is 10.1 Å². The van der Waals surface area contributed by atoms with E-state index in [0.29, 0.717) is 29.7 Å². The van der Waals surface area contributed by atoms with Crippen LogP contribution in [0.3, 0.4) is 0 Å². The molecule has 1 amide bonds. The van der Waals surface area contributed by atoms with E-state index < -0.39 is 0 Å². The Morgan fingerprint density at radius 2 is 2.11 bits per heavy atom. The maximum Gasteiger partial charge on any atom is 0.223 e. The summed E-state index contributed by atoms with van der Waals surface area (Å²) < 4.78 is 5.47. The van der Waals surface area contributed by atoms with E-state index in [9.17, 15) is 4.79 Å². The van der Waals surface area contributed by atoms with Crippen molar-refractivity contribution in [3.8, 4) is 5.75 Å². The fourth-order valence-corrected chi connectivity index (χ4v) is 1.92. The van der Waals surface area contributed by atoms with E-state index >= 15 is 0 Å². The van der Waals surface area contributed by atoms with Gasteiger partial charge in [-0.05, 0) is 24.1 Å². The van der Waals surface area contributed by atoms with Crippen molar-refractivity contribution in [1.29, 1.82) is 0 Å². The fraction of sp³-hybridized carbons (Fsp3) is 0.533. The molecule has 3 nitrogen and oxygen atoms in total. The highest BCUT2D eigenvalue weighted by atomic mass is 35.5. The van der Waals surface area contributed by atoms with Gasteiger partial charge in [0.1, 0.15) is 5.75 Å². The van der Waals surface area contributed by atoms with Crippen LogP contribution in [0.25, 0.3) is 0 Å². The van der Waals surface area contributed by atoms with Gasteiger partial charge in [0.2, 0.25) is 5.91 Å². The molecule has 1 rings (SSSR count). The number of amides is 1. The number of hydrogen-bond acceptors (Lipinski definition) is 2. The van der Waals surface area contributed by atoms with Crippen molar-refractivity contribution in [2.75, 3.05) is 13.2 Å². The second-order valence-electron chi connectivity index (χ2n) is 4.54. The Morgan fingerprint density at radius 1 is 1.37 bits per heavy atom. The summed E-state index contributed by atoms with van der Waals surface area (Å²) in [5.41, 5.74) is 0.